The van der Waals surface area contributed by atoms with Gasteiger partial charge in [0.2, 0.25) is 0 Å². The second kappa shape index (κ2) is 5.40. The molecule has 0 saturated heterocycles. The summed E-state index contributed by atoms with van der Waals surface area (Å²) in [6.07, 6.45) is 0.725. The number of hydrogen-bond donors (Lipinski definition) is 1. The first kappa shape index (κ1) is 11.7. The first-order valence-electron chi connectivity index (χ1n) is 3.31. The standard InChI is InChI=1S/C8H9NO3.ClH/c1-11-8-4-6(5-10)2-3-7(8)12-9;/h2-5H,9H2,1H3;1H. The first-order valence-corrected chi connectivity index (χ1v) is 3.31. The van der Waals surface area contributed by atoms with Gasteiger partial charge in [0.15, 0.2) is 11.5 Å². The van der Waals surface area contributed by atoms with Crippen LogP contribution in [0.4, 0.5) is 0 Å². The van der Waals surface area contributed by atoms with E-state index in [-0.39, 0.29) is 12.4 Å². The second-order valence-electron chi connectivity index (χ2n) is 2.15. The van der Waals surface area contributed by atoms with E-state index in [0.29, 0.717) is 17.1 Å². The second-order valence-corrected chi connectivity index (χ2v) is 2.15. The van der Waals surface area contributed by atoms with Gasteiger partial charge in [0, 0.05) is 5.56 Å². The fourth-order valence-corrected chi connectivity index (χ4v) is 0.855. The molecule has 0 aliphatic carbocycles. The molecule has 0 fully saturated rings. The summed E-state index contributed by atoms with van der Waals surface area (Å²) in [5.41, 5.74) is 0.521. The van der Waals surface area contributed by atoms with Crippen molar-refractivity contribution >= 4 is 18.7 Å². The third-order valence-electron chi connectivity index (χ3n) is 1.45. The van der Waals surface area contributed by atoms with Gasteiger partial charge < -0.3 is 9.57 Å². The highest BCUT2D eigenvalue weighted by Crippen LogP contribution is 2.26. The fraction of sp³-hybridized carbons (Fsp3) is 0.125. The van der Waals surface area contributed by atoms with Crippen molar-refractivity contribution in [2.45, 2.75) is 0 Å². The number of hydrogen-bond acceptors (Lipinski definition) is 4. The average Bonchev–Trinajstić information content (AvgIpc) is 2.16. The SMILES string of the molecule is COc1cc(C=O)ccc1ON.Cl. The lowest BCUT2D eigenvalue weighted by atomic mass is 10.2. The van der Waals surface area contributed by atoms with Crippen molar-refractivity contribution in [1.82, 2.24) is 0 Å². The van der Waals surface area contributed by atoms with Crippen LogP contribution in [0, 0.1) is 0 Å². The molecule has 1 rings (SSSR count). The molecule has 1 aromatic rings. The molecule has 0 amide bonds. The third kappa shape index (κ3) is 2.61. The van der Waals surface area contributed by atoms with Crippen molar-refractivity contribution in [3.63, 3.8) is 0 Å². The van der Waals surface area contributed by atoms with E-state index in [1.807, 2.05) is 0 Å². The van der Waals surface area contributed by atoms with E-state index >= 15 is 0 Å². The number of aldehydes is 1. The number of carbonyl (C=O) groups is 1. The van der Waals surface area contributed by atoms with Crippen LogP contribution in [0.3, 0.4) is 0 Å². The molecule has 0 spiro atoms. The van der Waals surface area contributed by atoms with Crippen molar-refractivity contribution in [2.24, 2.45) is 5.90 Å². The summed E-state index contributed by atoms with van der Waals surface area (Å²) in [5.74, 6) is 5.80. The lowest BCUT2D eigenvalue weighted by Crippen LogP contribution is -2.03. The van der Waals surface area contributed by atoms with Gasteiger partial charge >= 0.3 is 0 Å². The molecule has 0 saturated carbocycles. The molecule has 0 aromatic heterocycles. The minimum atomic E-state index is 0. The van der Waals surface area contributed by atoms with Crippen LogP contribution >= 0.6 is 12.4 Å². The van der Waals surface area contributed by atoms with Gasteiger partial charge in [0.1, 0.15) is 6.29 Å². The van der Waals surface area contributed by atoms with Gasteiger partial charge in [-0.3, -0.25) is 4.79 Å². The van der Waals surface area contributed by atoms with E-state index in [2.05, 4.69) is 4.84 Å². The number of ether oxygens (including phenoxy) is 1. The van der Waals surface area contributed by atoms with Crippen LogP contribution in [-0.4, -0.2) is 13.4 Å². The largest absolute Gasteiger partial charge is 0.493 e. The Morgan fingerprint density at radius 2 is 2.08 bits per heavy atom. The Morgan fingerprint density at radius 3 is 2.54 bits per heavy atom. The summed E-state index contributed by atoms with van der Waals surface area (Å²) < 4.78 is 4.91. The van der Waals surface area contributed by atoms with Crippen molar-refractivity contribution in [2.75, 3.05) is 7.11 Å². The van der Waals surface area contributed by atoms with E-state index in [0.717, 1.165) is 6.29 Å². The monoisotopic (exact) mass is 203 g/mol. The molecular weight excluding hydrogens is 194 g/mol. The molecule has 0 atom stereocenters. The maximum Gasteiger partial charge on any atom is 0.188 e. The lowest BCUT2D eigenvalue weighted by Gasteiger charge is -2.05. The van der Waals surface area contributed by atoms with Crippen LogP contribution in [0.5, 0.6) is 11.5 Å². The molecule has 4 nitrogen and oxygen atoms in total. The number of benzene rings is 1. The summed E-state index contributed by atoms with van der Waals surface area (Å²) >= 11 is 0. The van der Waals surface area contributed by atoms with E-state index in [9.17, 15) is 4.79 Å². The lowest BCUT2D eigenvalue weighted by molar-refractivity contribution is 0.112. The molecule has 0 bridgehead atoms. The van der Waals surface area contributed by atoms with Gasteiger partial charge in [0.25, 0.3) is 0 Å². The highest BCUT2D eigenvalue weighted by Gasteiger charge is 2.03. The van der Waals surface area contributed by atoms with Gasteiger partial charge in [-0.05, 0) is 18.2 Å². The summed E-state index contributed by atoms with van der Waals surface area (Å²) in [5, 5.41) is 0. The number of carbonyl (C=O) groups excluding carboxylic acids is 1. The highest BCUT2D eigenvalue weighted by molar-refractivity contribution is 5.85. The smallest absolute Gasteiger partial charge is 0.188 e. The zero-order valence-electron chi connectivity index (χ0n) is 7.02. The Kier molecular flexibility index (Phi) is 4.87. The molecular formula is C8H10ClNO3. The molecule has 72 valence electrons. The molecule has 0 aliphatic rings. The minimum Gasteiger partial charge on any atom is -0.493 e. The van der Waals surface area contributed by atoms with Crippen molar-refractivity contribution in [3.8, 4) is 11.5 Å². The summed E-state index contributed by atoms with van der Waals surface area (Å²) in [4.78, 5) is 14.8. The predicted molar refractivity (Wildman–Crippen MR) is 50.4 cm³/mol. The normalized spacial score (nSPS) is 8.46. The quantitative estimate of drug-likeness (QED) is 0.592. The van der Waals surface area contributed by atoms with Crippen molar-refractivity contribution in [3.05, 3.63) is 23.8 Å². The molecule has 0 aliphatic heterocycles. The summed E-state index contributed by atoms with van der Waals surface area (Å²) in [6, 6.07) is 4.72. The zero-order chi connectivity index (χ0) is 8.97. The van der Waals surface area contributed by atoms with E-state index in [4.69, 9.17) is 10.6 Å². The molecule has 0 unspecified atom stereocenters. The zero-order valence-corrected chi connectivity index (χ0v) is 7.84. The van der Waals surface area contributed by atoms with E-state index in [1.165, 1.54) is 7.11 Å². The van der Waals surface area contributed by atoms with Crippen LogP contribution in [0.1, 0.15) is 10.4 Å². The molecule has 5 heteroatoms. The predicted octanol–water partition coefficient (Wildman–Crippen LogP) is 1.18. The van der Waals surface area contributed by atoms with Crippen LogP contribution in [0.2, 0.25) is 0 Å². The Labute approximate surface area is 82.0 Å². The van der Waals surface area contributed by atoms with Crippen LogP contribution in [-0.2, 0) is 0 Å². The number of methoxy groups -OCH3 is 1. The molecule has 0 heterocycles. The van der Waals surface area contributed by atoms with E-state index in [1.54, 1.807) is 18.2 Å². The fourth-order valence-electron chi connectivity index (χ4n) is 0.855. The van der Waals surface area contributed by atoms with Crippen LogP contribution < -0.4 is 15.5 Å². The third-order valence-corrected chi connectivity index (χ3v) is 1.45. The Morgan fingerprint density at radius 1 is 1.38 bits per heavy atom. The van der Waals surface area contributed by atoms with Gasteiger partial charge in [0.05, 0.1) is 7.11 Å². The van der Waals surface area contributed by atoms with Crippen molar-refractivity contribution in [1.29, 1.82) is 0 Å². The van der Waals surface area contributed by atoms with Gasteiger partial charge in [-0.1, -0.05) is 0 Å². The Bertz CT molecular complexity index is 291. The topological polar surface area (TPSA) is 61.5 Å². The van der Waals surface area contributed by atoms with Gasteiger partial charge in [-0.2, -0.15) is 5.90 Å². The Hall–Kier alpha value is -1.26. The number of nitrogens with two attached hydrogens (primary N) is 1. The van der Waals surface area contributed by atoms with Crippen LogP contribution in [0.25, 0.3) is 0 Å². The molecule has 2 N–H and O–H groups in total. The summed E-state index contributed by atoms with van der Waals surface area (Å²) in [6.45, 7) is 0. The number of halogens is 1. The first-order chi connectivity index (χ1) is 5.81. The minimum absolute atomic E-state index is 0. The maximum atomic E-state index is 10.3. The highest BCUT2D eigenvalue weighted by atomic mass is 35.5. The molecule has 0 radical (unpaired) electrons. The van der Waals surface area contributed by atoms with Gasteiger partial charge in [-0.15, -0.1) is 12.4 Å². The summed E-state index contributed by atoms with van der Waals surface area (Å²) in [7, 11) is 1.48. The average molecular weight is 204 g/mol. The van der Waals surface area contributed by atoms with E-state index < -0.39 is 0 Å². The van der Waals surface area contributed by atoms with Crippen molar-refractivity contribution < 1.29 is 14.4 Å². The number of rotatable bonds is 3. The van der Waals surface area contributed by atoms with Crippen LogP contribution in [0.15, 0.2) is 18.2 Å². The van der Waals surface area contributed by atoms with Gasteiger partial charge in [-0.25, -0.2) is 0 Å². The Balaban J connectivity index is 0.00000144. The maximum absolute atomic E-state index is 10.3. The molecule has 13 heavy (non-hydrogen) atoms. The molecule has 1 aromatic carbocycles.